The van der Waals surface area contributed by atoms with Crippen molar-refractivity contribution in [1.82, 2.24) is 9.88 Å². The Morgan fingerprint density at radius 2 is 1.93 bits per heavy atom. The van der Waals surface area contributed by atoms with E-state index >= 15 is 0 Å². The number of carbonyl (C=O) groups excluding carboxylic acids is 1. The van der Waals surface area contributed by atoms with Gasteiger partial charge in [-0.3, -0.25) is 9.69 Å². The Hall–Kier alpha value is -1.86. The molecule has 148 valence electrons. The zero-order valence-electron chi connectivity index (χ0n) is 15.9. The molecular formula is C20H21Cl2N3O2S. The highest BCUT2D eigenvalue weighted by molar-refractivity contribution is 7.22. The van der Waals surface area contributed by atoms with Crippen molar-refractivity contribution in [2.24, 2.45) is 0 Å². The third-order valence-corrected chi connectivity index (χ3v) is 5.65. The maximum absolute atomic E-state index is 12.9. The second-order valence-corrected chi connectivity index (χ2v) is 8.53. The quantitative estimate of drug-likeness (QED) is 0.527. The number of thiazole rings is 1. The molecule has 5 nitrogen and oxygen atoms in total. The summed E-state index contributed by atoms with van der Waals surface area (Å²) in [6, 6.07) is 11.0. The standard InChI is InChI=1S/C20H21Cl2N3O2S/c1-13-4-6-16-18(10-13)28-20(23-16)25(9-8-24(2)3)19(26)12-27-17-7-5-14(21)11-15(17)22/h4-7,10-11H,8-9,12H2,1-3H3. The smallest absolute Gasteiger partial charge is 0.266 e. The number of hydrogen-bond acceptors (Lipinski definition) is 5. The van der Waals surface area contributed by atoms with E-state index < -0.39 is 0 Å². The Bertz CT molecular complexity index is 991. The first kappa shape index (κ1) is 20.9. The van der Waals surface area contributed by atoms with Crippen LogP contribution >= 0.6 is 34.5 Å². The number of hydrogen-bond donors (Lipinski definition) is 0. The molecule has 0 radical (unpaired) electrons. The second-order valence-electron chi connectivity index (χ2n) is 6.68. The lowest BCUT2D eigenvalue weighted by atomic mass is 10.2. The van der Waals surface area contributed by atoms with E-state index in [9.17, 15) is 4.79 Å². The van der Waals surface area contributed by atoms with E-state index in [-0.39, 0.29) is 12.5 Å². The number of amides is 1. The second kappa shape index (κ2) is 9.09. The van der Waals surface area contributed by atoms with Crippen LogP contribution in [0.5, 0.6) is 5.75 Å². The fourth-order valence-corrected chi connectivity index (χ4v) is 4.14. The van der Waals surface area contributed by atoms with E-state index in [4.69, 9.17) is 27.9 Å². The van der Waals surface area contributed by atoms with Crippen molar-refractivity contribution < 1.29 is 9.53 Å². The number of halogens is 2. The van der Waals surface area contributed by atoms with Gasteiger partial charge in [0.15, 0.2) is 11.7 Å². The van der Waals surface area contributed by atoms with Crippen LogP contribution in [0.3, 0.4) is 0 Å². The van der Waals surface area contributed by atoms with E-state index in [0.717, 1.165) is 15.8 Å². The van der Waals surface area contributed by atoms with Gasteiger partial charge in [-0.25, -0.2) is 4.98 Å². The molecule has 0 saturated carbocycles. The van der Waals surface area contributed by atoms with E-state index in [2.05, 4.69) is 11.1 Å². The molecule has 3 rings (SSSR count). The molecule has 0 atom stereocenters. The van der Waals surface area contributed by atoms with Gasteiger partial charge in [0, 0.05) is 18.1 Å². The van der Waals surface area contributed by atoms with Crippen LogP contribution in [0.25, 0.3) is 10.2 Å². The molecule has 0 aliphatic rings. The summed E-state index contributed by atoms with van der Waals surface area (Å²) >= 11 is 13.5. The predicted octanol–water partition coefficient (Wildman–Crippen LogP) is 4.89. The van der Waals surface area contributed by atoms with Gasteiger partial charge < -0.3 is 9.64 Å². The lowest BCUT2D eigenvalue weighted by Gasteiger charge is -2.22. The van der Waals surface area contributed by atoms with Gasteiger partial charge in [0.2, 0.25) is 0 Å². The Labute approximate surface area is 178 Å². The Balaban J connectivity index is 1.80. The zero-order chi connectivity index (χ0) is 20.3. The molecule has 1 heterocycles. The number of nitrogens with zero attached hydrogens (tertiary/aromatic N) is 3. The summed E-state index contributed by atoms with van der Waals surface area (Å²) in [5.74, 6) is 0.246. The number of benzene rings is 2. The lowest BCUT2D eigenvalue weighted by Crippen LogP contribution is -2.39. The molecule has 1 amide bonds. The minimum Gasteiger partial charge on any atom is -0.482 e. The van der Waals surface area contributed by atoms with Gasteiger partial charge in [0.25, 0.3) is 5.91 Å². The highest BCUT2D eigenvalue weighted by Crippen LogP contribution is 2.30. The summed E-state index contributed by atoms with van der Waals surface area (Å²) in [7, 11) is 3.93. The highest BCUT2D eigenvalue weighted by Gasteiger charge is 2.21. The monoisotopic (exact) mass is 437 g/mol. The van der Waals surface area contributed by atoms with Gasteiger partial charge in [-0.15, -0.1) is 0 Å². The molecule has 0 unspecified atom stereocenters. The summed E-state index contributed by atoms with van der Waals surface area (Å²) in [5.41, 5.74) is 2.05. The largest absolute Gasteiger partial charge is 0.482 e. The number of likely N-dealkylation sites (N-methyl/N-ethyl adjacent to an activating group) is 1. The molecular weight excluding hydrogens is 417 g/mol. The van der Waals surface area contributed by atoms with E-state index in [0.29, 0.717) is 34.0 Å². The van der Waals surface area contributed by atoms with Gasteiger partial charge in [-0.05, 0) is 56.9 Å². The number of aromatic nitrogens is 1. The Kier molecular flexibility index (Phi) is 6.78. The Morgan fingerprint density at radius 3 is 2.64 bits per heavy atom. The van der Waals surface area contributed by atoms with Crippen LogP contribution in [0.4, 0.5) is 5.13 Å². The van der Waals surface area contributed by atoms with Crippen molar-refractivity contribution in [3.63, 3.8) is 0 Å². The first-order valence-electron chi connectivity index (χ1n) is 8.73. The zero-order valence-corrected chi connectivity index (χ0v) is 18.2. The maximum Gasteiger partial charge on any atom is 0.266 e. The molecule has 0 bridgehead atoms. The third-order valence-electron chi connectivity index (χ3n) is 4.08. The molecule has 8 heteroatoms. The minimum atomic E-state index is -0.177. The fraction of sp³-hybridized carbons (Fsp3) is 0.300. The molecule has 3 aromatic rings. The Morgan fingerprint density at radius 1 is 1.14 bits per heavy atom. The van der Waals surface area contributed by atoms with Crippen LogP contribution in [-0.4, -0.2) is 49.6 Å². The topological polar surface area (TPSA) is 45.7 Å². The molecule has 0 aliphatic heterocycles. The number of rotatable bonds is 7. The molecule has 0 saturated heterocycles. The van der Waals surface area contributed by atoms with Gasteiger partial charge in [0.1, 0.15) is 5.75 Å². The molecule has 0 fully saturated rings. The molecule has 28 heavy (non-hydrogen) atoms. The summed E-state index contributed by atoms with van der Waals surface area (Å²) in [6.45, 7) is 3.13. The summed E-state index contributed by atoms with van der Waals surface area (Å²) in [5, 5.41) is 1.55. The van der Waals surface area contributed by atoms with Gasteiger partial charge >= 0.3 is 0 Å². The average Bonchev–Trinajstić information content (AvgIpc) is 3.03. The first-order chi connectivity index (χ1) is 13.3. The highest BCUT2D eigenvalue weighted by atomic mass is 35.5. The van der Waals surface area contributed by atoms with Crippen molar-refractivity contribution in [2.75, 3.05) is 38.7 Å². The number of anilines is 1. The maximum atomic E-state index is 12.9. The summed E-state index contributed by atoms with van der Waals surface area (Å²) in [4.78, 5) is 21.3. The van der Waals surface area contributed by atoms with Crippen molar-refractivity contribution in [3.8, 4) is 5.75 Å². The normalized spacial score (nSPS) is 11.2. The first-order valence-corrected chi connectivity index (χ1v) is 10.3. The third kappa shape index (κ3) is 5.14. The van der Waals surface area contributed by atoms with Crippen molar-refractivity contribution >= 4 is 55.8 Å². The van der Waals surface area contributed by atoms with Crippen LogP contribution < -0.4 is 9.64 Å². The molecule has 2 aromatic carbocycles. The van der Waals surface area contributed by atoms with Gasteiger partial charge in [0.05, 0.1) is 15.2 Å². The van der Waals surface area contributed by atoms with Crippen LogP contribution in [0, 0.1) is 6.92 Å². The average molecular weight is 438 g/mol. The molecule has 0 N–H and O–H groups in total. The summed E-state index contributed by atoms with van der Waals surface area (Å²) < 4.78 is 6.69. The van der Waals surface area contributed by atoms with Crippen LogP contribution in [-0.2, 0) is 4.79 Å². The van der Waals surface area contributed by atoms with Crippen LogP contribution in [0.1, 0.15) is 5.56 Å². The molecule has 0 aliphatic carbocycles. The van der Waals surface area contributed by atoms with Crippen molar-refractivity contribution in [2.45, 2.75) is 6.92 Å². The number of ether oxygens (including phenoxy) is 1. The van der Waals surface area contributed by atoms with Crippen molar-refractivity contribution in [3.05, 3.63) is 52.0 Å². The SMILES string of the molecule is Cc1ccc2nc(N(CCN(C)C)C(=O)COc3ccc(Cl)cc3Cl)sc2c1. The van der Waals surface area contributed by atoms with Crippen LogP contribution in [0.2, 0.25) is 10.0 Å². The van der Waals surface area contributed by atoms with Crippen molar-refractivity contribution in [1.29, 1.82) is 0 Å². The van der Waals surface area contributed by atoms with Crippen LogP contribution in [0.15, 0.2) is 36.4 Å². The van der Waals surface area contributed by atoms with E-state index in [1.165, 1.54) is 11.3 Å². The summed E-state index contributed by atoms with van der Waals surface area (Å²) in [6.07, 6.45) is 0. The predicted molar refractivity (Wildman–Crippen MR) is 117 cm³/mol. The molecule has 0 spiro atoms. The lowest BCUT2D eigenvalue weighted by molar-refractivity contribution is -0.120. The van der Waals surface area contributed by atoms with E-state index in [1.807, 2.05) is 38.1 Å². The minimum absolute atomic E-state index is 0.135. The fourth-order valence-electron chi connectivity index (χ4n) is 2.57. The number of carbonyl (C=O) groups is 1. The van der Waals surface area contributed by atoms with E-state index in [1.54, 1.807) is 23.1 Å². The number of aryl methyl sites for hydroxylation is 1. The molecule has 1 aromatic heterocycles. The number of fused-ring (bicyclic) bond motifs is 1. The van der Waals surface area contributed by atoms with Gasteiger partial charge in [-0.1, -0.05) is 40.6 Å². The van der Waals surface area contributed by atoms with Gasteiger partial charge in [-0.2, -0.15) is 0 Å².